The van der Waals surface area contributed by atoms with E-state index in [1.807, 2.05) is 0 Å². The Morgan fingerprint density at radius 2 is 1.88 bits per heavy atom. The van der Waals surface area contributed by atoms with E-state index in [-0.39, 0.29) is 30.1 Å². The molecule has 1 fully saturated rings. The number of aromatic nitrogens is 2. The van der Waals surface area contributed by atoms with Crippen LogP contribution in [-0.2, 0) is 9.47 Å². The van der Waals surface area contributed by atoms with Crippen LogP contribution in [0.4, 0.5) is 10.6 Å². The van der Waals surface area contributed by atoms with Crippen molar-refractivity contribution >= 4 is 23.7 Å². The van der Waals surface area contributed by atoms with Crippen molar-refractivity contribution in [2.75, 3.05) is 32.3 Å². The summed E-state index contributed by atoms with van der Waals surface area (Å²) in [5, 5.41) is 6.78. The molecule has 2 aliphatic heterocycles. The maximum absolute atomic E-state index is 13.2. The smallest absolute Gasteiger partial charge is 0.435 e. The van der Waals surface area contributed by atoms with Crippen molar-refractivity contribution in [3.8, 4) is 23.0 Å². The molecule has 1 N–H and O–H groups in total. The Bertz CT molecular complexity index is 1440. The number of ether oxygens (including phenoxy) is 5. The predicted molar refractivity (Wildman–Crippen MR) is 142 cm³/mol. The molecule has 0 bridgehead atoms. The van der Waals surface area contributed by atoms with E-state index in [9.17, 15) is 14.4 Å². The molecule has 0 aliphatic carbocycles. The van der Waals surface area contributed by atoms with Crippen molar-refractivity contribution in [2.45, 2.75) is 38.9 Å². The molecule has 0 saturated carbocycles. The number of hydrogen-bond donors (Lipinski definition) is 1. The summed E-state index contributed by atoms with van der Waals surface area (Å²) in [6, 6.07) is 11.2. The summed E-state index contributed by atoms with van der Waals surface area (Å²) in [4.78, 5) is 39.3. The van der Waals surface area contributed by atoms with Crippen LogP contribution in [0.5, 0.6) is 23.0 Å². The molecule has 2 amide bonds. The number of anilines is 1. The molecule has 2 aliphatic rings. The topological polar surface area (TPSA) is 130 Å². The summed E-state index contributed by atoms with van der Waals surface area (Å²) in [5.74, 6) is 1.11. The van der Waals surface area contributed by atoms with Crippen molar-refractivity contribution in [2.24, 2.45) is 0 Å². The number of hydrogen-bond acceptors (Lipinski definition) is 9. The largest absolute Gasteiger partial charge is 0.488 e. The first-order chi connectivity index (χ1) is 19.0. The minimum Gasteiger partial charge on any atom is -0.488 e. The van der Waals surface area contributed by atoms with E-state index < -0.39 is 17.6 Å². The van der Waals surface area contributed by atoms with Gasteiger partial charge >= 0.3 is 6.09 Å². The number of rotatable bonds is 6. The second-order valence-corrected chi connectivity index (χ2v) is 10.4. The fourth-order valence-corrected chi connectivity index (χ4v) is 4.05. The molecule has 3 aromatic rings. The molecule has 5 rings (SSSR count). The average molecular weight is 551 g/mol. The quantitative estimate of drug-likeness (QED) is 0.477. The lowest BCUT2D eigenvalue weighted by molar-refractivity contribution is 0.0513. The van der Waals surface area contributed by atoms with Crippen LogP contribution in [0, 0.1) is 0 Å². The van der Waals surface area contributed by atoms with Gasteiger partial charge in [-0.3, -0.25) is 9.59 Å². The van der Waals surface area contributed by atoms with E-state index in [4.69, 9.17) is 23.7 Å². The molecular weight excluding hydrogens is 520 g/mol. The normalized spacial score (nSPS) is 16.6. The molecule has 1 saturated heterocycles. The van der Waals surface area contributed by atoms with Crippen LogP contribution in [-0.4, -0.2) is 71.3 Å². The zero-order chi connectivity index (χ0) is 28.4. The van der Waals surface area contributed by atoms with Gasteiger partial charge in [0.05, 0.1) is 18.8 Å². The molecule has 0 radical (unpaired) electrons. The first-order valence-electron chi connectivity index (χ1n) is 12.7. The Morgan fingerprint density at radius 3 is 2.62 bits per heavy atom. The van der Waals surface area contributed by atoms with Crippen molar-refractivity contribution in [3.05, 3.63) is 59.8 Å². The Morgan fingerprint density at radius 1 is 1.07 bits per heavy atom. The zero-order valence-electron chi connectivity index (χ0n) is 22.6. The van der Waals surface area contributed by atoms with E-state index in [0.717, 1.165) is 11.1 Å². The molecule has 210 valence electrons. The summed E-state index contributed by atoms with van der Waals surface area (Å²) in [5.41, 5.74) is -0.0153. The minimum atomic E-state index is -0.691. The van der Waals surface area contributed by atoms with E-state index in [2.05, 4.69) is 10.4 Å². The minimum absolute atomic E-state index is 0.135. The SMILES string of the molecule is CN1COc2cc(Oc3cc(O[C@H]4CCOC4)cc(C(=O)Nc4ccn(C(=O)OC(C)(C)C)n4)c3)ccc2C1=O. The van der Waals surface area contributed by atoms with E-state index >= 15 is 0 Å². The van der Waals surface area contributed by atoms with Gasteiger partial charge in [-0.2, -0.15) is 4.68 Å². The van der Waals surface area contributed by atoms with Crippen molar-refractivity contribution in [1.29, 1.82) is 0 Å². The van der Waals surface area contributed by atoms with Crippen LogP contribution in [0.1, 0.15) is 47.9 Å². The van der Waals surface area contributed by atoms with E-state index in [0.29, 0.717) is 41.8 Å². The lowest BCUT2D eigenvalue weighted by Crippen LogP contribution is -2.35. The van der Waals surface area contributed by atoms with Crippen LogP contribution in [0.25, 0.3) is 0 Å². The molecule has 3 heterocycles. The molecule has 1 aromatic heterocycles. The second kappa shape index (κ2) is 10.9. The van der Waals surface area contributed by atoms with Crippen LogP contribution >= 0.6 is 0 Å². The molecule has 40 heavy (non-hydrogen) atoms. The number of nitrogens with zero attached hydrogens (tertiary/aromatic N) is 3. The highest BCUT2D eigenvalue weighted by Crippen LogP contribution is 2.34. The Labute approximate surface area is 230 Å². The number of amides is 2. The van der Waals surface area contributed by atoms with Gasteiger partial charge in [0.25, 0.3) is 11.8 Å². The van der Waals surface area contributed by atoms with Gasteiger partial charge in [-0.05, 0) is 45.0 Å². The van der Waals surface area contributed by atoms with Gasteiger partial charge in [0, 0.05) is 43.4 Å². The third-order valence-corrected chi connectivity index (χ3v) is 5.92. The van der Waals surface area contributed by atoms with Crippen LogP contribution < -0.4 is 19.5 Å². The third kappa shape index (κ3) is 6.34. The van der Waals surface area contributed by atoms with E-state index in [1.54, 1.807) is 64.2 Å². The van der Waals surface area contributed by atoms with Crippen molar-refractivity contribution < 1.29 is 38.1 Å². The number of nitrogens with one attached hydrogen (secondary N) is 1. The summed E-state index contributed by atoms with van der Waals surface area (Å²) < 4.78 is 29.5. The lowest BCUT2D eigenvalue weighted by Gasteiger charge is -2.25. The highest BCUT2D eigenvalue weighted by Gasteiger charge is 2.24. The summed E-state index contributed by atoms with van der Waals surface area (Å²) >= 11 is 0. The molecule has 2 aromatic carbocycles. The molecule has 12 nitrogen and oxygen atoms in total. The van der Waals surface area contributed by atoms with Gasteiger partial charge in [0.15, 0.2) is 12.5 Å². The monoisotopic (exact) mass is 550 g/mol. The van der Waals surface area contributed by atoms with Gasteiger partial charge in [-0.15, -0.1) is 5.10 Å². The first kappa shape index (κ1) is 27.0. The van der Waals surface area contributed by atoms with Crippen LogP contribution in [0.3, 0.4) is 0 Å². The first-order valence-corrected chi connectivity index (χ1v) is 12.7. The third-order valence-electron chi connectivity index (χ3n) is 5.92. The lowest BCUT2D eigenvalue weighted by atomic mass is 10.1. The number of fused-ring (bicyclic) bond motifs is 1. The van der Waals surface area contributed by atoms with Crippen molar-refractivity contribution in [3.63, 3.8) is 0 Å². The summed E-state index contributed by atoms with van der Waals surface area (Å²) in [7, 11) is 1.66. The Balaban J connectivity index is 1.37. The fourth-order valence-electron chi connectivity index (χ4n) is 4.05. The highest BCUT2D eigenvalue weighted by molar-refractivity contribution is 6.04. The van der Waals surface area contributed by atoms with E-state index in [1.165, 1.54) is 17.2 Å². The standard InChI is InChI=1S/C28H30N4O8/c1-28(2,3)40-27(35)32-9-7-24(30-32)29-25(33)17-11-20(13-21(12-17)39-19-8-10-36-15-19)38-18-5-6-22-23(14-18)37-16-31(4)26(22)34/h5-7,9,11-14,19H,8,10,15-16H2,1-4H3,(H,29,30,33)/t19-/m0/s1. The Kier molecular flexibility index (Phi) is 7.35. The van der Waals surface area contributed by atoms with Gasteiger partial charge in [0.1, 0.15) is 34.7 Å². The Hall–Kier alpha value is -4.58. The van der Waals surface area contributed by atoms with Crippen LogP contribution in [0.2, 0.25) is 0 Å². The average Bonchev–Trinajstić information content (AvgIpc) is 3.58. The van der Waals surface area contributed by atoms with Crippen LogP contribution in [0.15, 0.2) is 48.7 Å². The summed E-state index contributed by atoms with van der Waals surface area (Å²) in [6.07, 6.45) is 1.30. The number of carbonyl (C=O) groups is 3. The van der Waals surface area contributed by atoms with Crippen molar-refractivity contribution in [1.82, 2.24) is 14.7 Å². The zero-order valence-corrected chi connectivity index (χ0v) is 22.6. The number of benzene rings is 2. The van der Waals surface area contributed by atoms with Gasteiger partial charge in [-0.25, -0.2) is 4.79 Å². The maximum Gasteiger partial charge on any atom is 0.435 e. The molecule has 1 atom stereocenters. The second-order valence-electron chi connectivity index (χ2n) is 10.4. The molecule has 0 spiro atoms. The summed E-state index contributed by atoms with van der Waals surface area (Å²) in [6.45, 7) is 6.42. The maximum atomic E-state index is 13.2. The fraction of sp³-hybridized carbons (Fsp3) is 0.357. The van der Waals surface area contributed by atoms with Gasteiger partial charge in [-0.1, -0.05) is 0 Å². The highest BCUT2D eigenvalue weighted by atomic mass is 16.6. The van der Waals surface area contributed by atoms with Gasteiger partial charge < -0.3 is 33.9 Å². The molecular formula is C28H30N4O8. The molecule has 12 heteroatoms. The number of carbonyl (C=O) groups excluding carboxylic acids is 3. The van der Waals surface area contributed by atoms with Gasteiger partial charge in [0.2, 0.25) is 0 Å². The molecule has 0 unspecified atom stereocenters. The predicted octanol–water partition coefficient (Wildman–Crippen LogP) is 4.30.